The number of rotatable bonds is 7. The van der Waals surface area contributed by atoms with E-state index in [1.54, 1.807) is 0 Å². The quantitative estimate of drug-likeness (QED) is 0.325. The Morgan fingerprint density at radius 2 is 2.03 bits per heavy atom. The van der Waals surface area contributed by atoms with Gasteiger partial charge < -0.3 is 15.5 Å². The molecule has 2 unspecified atom stereocenters. The lowest BCUT2D eigenvalue weighted by Crippen LogP contribution is -2.46. The summed E-state index contributed by atoms with van der Waals surface area (Å²) in [5, 5.41) is 7.04. The van der Waals surface area contributed by atoms with E-state index in [0.29, 0.717) is 37.5 Å². The summed E-state index contributed by atoms with van der Waals surface area (Å²) in [4.78, 5) is 21.2. The molecule has 0 radical (unpaired) electrons. The minimum absolute atomic E-state index is 0. The molecule has 0 aromatic heterocycles. The van der Waals surface area contributed by atoms with Crippen LogP contribution in [0, 0.1) is 5.92 Å². The van der Waals surface area contributed by atoms with Crippen molar-refractivity contribution in [3.05, 3.63) is 35.4 Å². The van der Waals surface area contributed by atoms with Gasteiger partial charge >= 0.3 is 0 Å². The van der Waals surface area contributed by atoms with Crippen molar-refractivity contribution in [3.63, 3.8) is 0 Å². The highest BCUT2D eigenvalue weighted by atomic mass is 127. The van der Waals surface area contributed by atoms with Crippen molar-refractivity contribution in [1.82, 2.24) is 20.4 Å². The van der Waals surface area contributed by atoms with Crippen LogP contribution in [-0.2, 0) is 17.9 Å². The number of carbonyl (C=O) groups is 1. The zero-order chi connectivity index (χ0) is 20.8. The summed E-state index contributed by atoms with van der Waals surface area (Å²) in [6.07, 6.45) is 1.67. The average molecular weight is 527 g/mol. The first-order valence-electron chi connectivity index (χ1n) is 11.1. The van der Waals surface area contributed by atoms with Gasteiger partial charge in [0.15, 0.2) is 5.96 Å². The van der Waals surface area contributed by atoms with Gasteiger partial charge in [-0.25, -0.2) is 4.99 Å². The number of halogens is 1. The number of aliphatic imine (C=N–C) groups is 1. The average Bonchev–Trinajstić information content (AvgIpc) is 3.26. The molecule has 30 heavy (non-hydrogen) atoms. The maximum atomic E-state index is 11.9. The Bertz CT molecular complexity index is 723. The van der Waals surface area contributed by atoms with Crippen molar-refractivity contribution in [3.8, 4) is 0 Å². The van der Waals surface area contributed by atoms with E-state index in [4.69, 9.17) is 4.99 Å². The zero-order valence-electron chi connectivity index (χ0n) is 18.9. The Hall–Kier alpha value is -1.35. The molecule has 2 aliphatic rings. The second-order valence-electron chi connectivity index (χ2n) is 8.71. The molecule has 7 heteroatoms. The normalized spacial score (nSPS) is 22.5. The number of amides is 1. The lowest BCUT2D eigenvalue weighted by atomic mass is 10.1. The van der Waals surface area contributed by atoms with Crippen LogP contribution in [0.5, 0.6) is 0 Å². The molecule has 2 N–H and O–H groups in total. The highest BCUT2D eigenvalue weighted by Gasteiger charge is 2.31. The van der Waals surface area contributed by atoms with Gasteiger partial charge in [-0.3, -0.25) is 9.69 Å². The van der Waals surface area contributed by atoms with Gasteiger partial charge in [0.05, 0.1) is 6.54 Å². The minimum atomic E-state index is 0. The fourth-order valence-electron chi connectivity index (χ4n) is 4.20. The molecule has 0 spiro atoms. The van der Waals surface area contributed by atoms with Gasteiger partial charge in [-0.05, 0) is 44.2 Å². The molecule has 0 bridgehead atoms. The largest absolute Gasteiger partial charge is 0.357 e. The van der Waals surface area contributed by atoms with Crippen molar-refractivity contribution in [2.75, 3.05) is 26.2 Å². The lowest BCUT2D eigenvalue weighted by molar-refractivity contribution is -0.128. The van der Waals surface area contributed by atoms with Gasteiger partial charge in [0.1, 0.15) is 0 Å². The molecule has 1 aromatic carbocycles. The number of hydrogen-bond donors (Lipinski definition) is 2. The van der Waals surface area contributed by atoms with Crippen molar-refractivity contribution in [1.29, 1.82) is 0 Å². The van der Waals surface area contributed by atoms with Gasteiger partial charge in [-0.2, -0.15) is 0 Å². The van der Waals surface area contributed by atoms with Crippen LogP contribution in [0.3, 0.4) is 0 Å². The number of nitrogens with zero attached hydrogens (tertiary/aromatic N) is 3. The Morgan fingerprint density at radius 1 is 1.27 bits per heavy atom. The maximum Gasteiger partial charge on any atom is 0.222 e. The fraction of sp³-hybridized carbons (Fsp3) is 0.652. The molecule has 2 aliphatic heterocycles. The van der Waals surface area contributed by atoms with E-state index >= 15 is 0 Å². The molecule has 2 heterocycles. The van der Waals surface area contributed by atoms with E-state index in [-0.39, 0.29) is 29.9 Å². The smallest absolute Gasteiger partial charge is 0.222 e. The Morgan fingerprint density at radius 3 is 2.67 bits per heavy atom. The molecule has 2 atom stereocenters. The number of carbonyl (C=O) groups excluding carboxylic acids is 1. The summed E-state index contributed by atoms with van der Waals surface area (Å²) in [6, 6.07) is 9.46. The molecule has 2 saturated heterocycles. The molecule has 1 amide bonds. The molecule has 3 rings (SSSR count). The summed E-state index contributed by atoms with van der Waals surface area (Å²) < 4.78 is 0. The van der Waals surface area contributed by atoms with Crippen LogP contribution in [-0.4, -0.2) is 59.9 Å². The van der Waals surface area contributed by atoms with Crippen LogP contribution in [0.1, 0.15) is 51.7 Å². The lowest BCUT2D eigenvalue weighted by Gasteiger charge is -2.22. The highest BCUT2D eigenvalue weighted by molar-refractivity contribution is 14.0. The van der Waals surface area contributed by atoms with Crippen LogP contribution in [0.25, 0.3) is 0 Å². The third-order valence-corrected chi connectivity index (χ3v) is 5.99. The summed E-state index contributed by atoms with van der Waals surface area (Å²) in [6.45, 7) is 14.2. The van der Waals surface area contributed by atoms with Crippen LogP contribution < -0.4 is 10.6 Å². The standard InChI is InChI=1S/C23H37N5O.HI/c1-5-24-23(26-21-16-28(17(2)3)14-18(21)4)25-13-19-8-6-9-20(12-19)15-27-11-7-10-22(27)29;/h6,8-9,12,17-18,21H,5,7,10-11,13-16H2,1-4H3,(H2,24,25,26);1H. The number of nitrogens with one attached hydrogen (secondary N) is 2. The van der Waals surface area contributed by atoms with Crippen molar-refractivity contribution in [2.45, 2.75) is 65.7 Å². The van der Waals surface area contributed by atoms with Crippen molar-refractivity contribution < 1.29 is 4.79 Å². The Balaban J connectivity index is 0.00000320. The van der Waals surface area contributed by atoms with Crippen LogP contribution in [0.4, 0.5) is 0 Å². The van der Waals surface area contributed by atoms with E-state index in [9.17, 15) is 4.79 Å². The van der Waals surface area contributed by atoms with Gasteiger partial charge in [0.2, 0.25) is 5.91 Å². The zero-order valence-corrected chi connectivity index (χ0v) is 21.2. The third kappa shape index (κ3) is 6.83. The Kier molecular flexibility index (Phi) is 9.87. The fourth-order valence-corrected chi connectivity index (χ4v) is 4.20. The minimum Gasteiger partial charge on any atom is -0.357 e. The molecule has 0 aliphatic carbocycles. The van der Waals surface area contributed by atoms with Crippen molar-refractivity contribution in [2.24, 2.45) is 10.9 Å². The first-order chi connectivity index (χ1) is 14.0. The molecular weight excluding hydrogens is 489 g/mol. The van der Waals surface area contributed by atoms with Gasteiger partial charge in [-0.1, -0.05) is 31.2 Å². The van der Waals surface area contributed by atoms with E-state index in [1.807, 2.05) is 4.90 Å². The first kappa shape index (κ1) is 24.9. The first-order valence-corrected chi connectivity index (χ1v) is 11.1. The Labute approximate surface area is 198 Å². The van der Waals surface area contributed by atoms with Crippen molar-refractivity contribution >= 4 is 35.8 Å². The predicted molar refractivity (Wildman–Crippen MR) is 134 cm³/mol. The van der Waals surface area contributed by atoms with E-state index < -0.39 is 0 Å². The van der Waals surface area contributed by atoms with E-state index in [2.05, 4.69) is 67.5 Å². The summed E-state index contributed by atoms with van der Waals surface area (Å²) in [5.74, 6) is 1.76. The number of benzene rings is 1. The molecule has 168 valence electrons. The van der Waals surface area contributed by atoms with Crippen LogP contribution in [0.15, 0.2) is 29.3 Å². The van der Waals surface area contributed by atoms with Gasteiger partial charge in [-0.15, -0.1) is 24.0 Å². The van der Waals surface area contributed by atoms with Crippen LogP contribution >= 0.6 is 24.0 Å². The molecule has 6 nitrogen and oxygen atoms in total. The summed E-state index contributed by atoms with van der Waals surface area (Å²) in [5.41, 5.74) is 2.36. The predicted octanol–water partition coefficient (Wildman–Crippen LogP) is 3.21. The second-order valence-corrected chi connectivity index (χ2v) is 8.71. The van der Waals surface area contributed by atoms with Gasteiger partial charge in [0, 0.05) is 51.2 Å². The topological polar surface area (TPSA) is 60.0 Å². The number of likely N-dealkylation sites (tertiary alicyclic amines) is 2. The highest BCUT2D eigenvalue weighted by Crippen LogP contribution is 2.19. The third-order valence-electron chi connectivity index (χ3n) is 5.99. The van der Waals surface area contributed by atoms with Crippen LogP contribution in [0.2, 0.25) is 0 Å². The number of guanidine groups is 1. The monoisotopic (exact) mass is 527 g/mol. The maximum absolute atomic E-state index is 11.9. The molecule has 2 fully saturated rings. The van der Waals surface area contributed by atoms with E-state index in [0.717, 1.165) is 38.6 Å². The number of hydrogen-bond acceptors (Lipinski definition) is 3. The second kappa shape index (κ2) is 11.9. The molecule has 1 aromatic rings. The molecular formula is C23H38IN5O. The SMILES string of the molecule is CCNC(=NCc1cccc(CN2CCCC2=O)c1)NC1CN(C(C)C)CC1C.I. The summed E-state index contributed by atoms with van der Waals surface area (Å²) >= 11 is 0. The van der Waals surface area contributed by atoms with Gasteiger partial charge in [0.25, 0.3) is 0 Å². The summed E-state index contributed by atoms with van der Waals surface area (Å²) in [7, 11) is 0. The molecule has 0 saturated carbocycles. The van der Waals surface area contributed by atoms with E-state index in [1.165, 1.54) is 11.1 Å².